The van der Waals surface area contributed by atoms with Crippen LogP contribution in [0.3, 0.4) is 0 Å². The van der Waals surface area contributed by atoms with Crippen LogP contribution in [0.1, 0.15) is 20.8 Å². The molecule has 6 nitrogen and oxygen atoms in total. The molecule has 0 atom stereocenters. The highest BCUT2D eigenvalue weighted by Crippen LogP contribution is 2.00. The van der Waals surface area contributed by atoms with E-state index in [4.69, 9.17) is 0 Å². The molecule has 1 rings (SSSR count). The maximum Gasteiger partial charge on any atom is 0.330 e. The molecule has 0 aliphatic rings. The maximum atomic E-state index is 11.8. The van der Waals surface area contributed by atoms with Crippen LogP contribution >= 0.6 is 0 Å². The Morgan fingerprint density at radius 3 is 2.39 bits per heavy atom. The molecule has 1 aromatic heterocycles. The molecule has 1 aromatic rings. The summed E-state index contributed by atoms with van der Waals surface area (Å²) in [6, 6.07) is 1.27. The lowest BCUT2D eigenvalue weighted by atomic mass is 10.5. The molecular formula is C11H18N2O4S. The quantitative estimate of drug-likeness (QED) is 0.748. The van der Waals surface area contributed by atoms with E-state index < -0.39 is 26.3 Å². The number of aryl methyl sites for hydroxylation is 1. The number of hydrogen-bond donors (Lipinski definition) is 0. The monoisotopic (exact) mass is 274 g/mol. The molecule has 7 heteroatoms. The number of sulfone groups is 1. The highest BCUT2D eigenvalue weighted by atomic mass is 32.2. The first kappa shape index (κ1) is 14.7. The second-order valence-electron chi connectivity index (χ2n) is 4.29. The number of rotatable bonds is 5. The molecule has 0 aromatic carbocycles. The third kappa shape index (κ3) is 3.10. The van der Waals surface area contributed by atoms with Crippen LogP contribution in [-0.4, -0.2) is 28.6 Å². The summed E-state index contributed by atoms with van der Waals surface area (Å²) < 4.78 is 25.6. The summed E-state index contributed by atoms with van der Waals surface area (Å²) in [4.78, 5) is 23.4. The highest BCUT2D eigenvalue weighted by molar-refractivity contribution is 7.91. The van der Waals surface area contributed by atoms with Crippen molar-refractivity contribution in [1.82, 2.24) is 9.13 Å². The third-order valence-electron chi connectivity index (χ3n) is 2.80. The first-order valence-electron chi connectivity index (χ1n) is 5.81. The van der Waals surface area contributed by atoms with Crippen molar-refractivity contribution in [3.63, 3.8) is 0 Å². The Bertz CT molecular complexity index is 625. The minimum atomic E-state index is -3.26. The second-order valence-corrected chi connectivity index (χ2v) is 6.97. The second kappa shape index (κ2) is 5.51. The van der Waals surface area contributed by atoms with Gasteiger partial charge in [0.05, 0.1) is 11.0 Å². The summed E-state index contributed by atoms with van der Waals surface area (Å²) in [5, 5.41) is -0.509. The fourth-order valence-electron chi connectivity index (χ4n) is 1.46. The Morgan fingerprint density at radius 2 is 1.89 bits per heavy atom. The molecule has 0 spiro atoms. The Labute approximate surface area is 106 Å². The van der Waals surface area contributed by atoms with Crippen molar-refractivity contribution in [3.8, 4) is 0 Å². The fraction of sp³-hybridized carbons (Fsp3) is 0.636. The smallest absolute Gasteiger partial charge is 0.301 e. The molecule has 1 heterocycles. The third-order valence-corrected chi connectivity index (χ3v) is 4.99. The lowest BCUT2D eigenvalue weighted by Gasteiger charge is -2.10. The largest absolute Gasteiger partial charge is 0.330 e. The van der Waals surface area contributed by atoms with Crippen LogP contribution in [0.15, 0.2) is 21.9 Å². The molecule has 0 unspecified atom stereocenters. The van der Waals surface area contributed by atoms with Gasteiger partial charge in [0.15, 0.2) is 9.84 Å². The molecule has 0 aliphatic carbocycles. The van der Waals surface area contributed by atoms with Gasteiger partial charge in [0.25, 0.3) is 5.56 Å². The van der Waals surface area contributed by atoms with Gasteiger partial charge in [-0.3, -0.25) is 9.36 Å². The van der Waals surface area contributed by atoms with E-state index in [-0.39, 0.29) is 12.3 Å². The highest BCUT2D eigenvalue weighted by Gasteiger charge is 2.17. The van der Waals surface area contributed by atoms with Crippen LogP contribution in [0.5, 0.6) is 0 Å². The lowest BCUT2D eigenvalue weighted by molar-refractivity contribution is 0.560. The minimum Gasteiger partial charge on any atom is -0.301 e. The minimum absolute atomic E-state index is 0.0982. The molecule has 0 radical (unpaired) electrons. The molecule has 0 saturated carbocycles. The van der Waals surface area contributed by atoms with Crippen LogP contribution in [0.2, 0.25) is 0 Å². The first-order valence-corrected chi connectivity index (χ1v) is 7.53. The summed E-state index contributed by atoms with van der Waals surface area (Å²) in [6.45, 7) is 5.27. The number of hydrogen-bond acceptors (Lipinski definition) is 4. The van der Waals surface area contributed by atoms with Crippen molar-refractivity contribution < 1.29 is 8.42 Å². The zero-order valence-electron chi connectivity index (χ0n) is 10.8. The molecule has 0 bridgehead atoms. The Kier molecular flexibility index (Phi) is 4.50. The van der Waals surface area contributed by atoms with Gasteiger partial charge in [-0.25, -0.2) is 13.2 Å². The topological polar surface area (TPSA) is 78.1 Å². The van der Waals surface area contributed by atoms with Crippen LogP contribution in [-0.2, 0) is 22.9 Å². The lowest BCUT2D eigenvalue weighted by Crippen LogP contribution is -2.40. The summed E-state index contributed by atoms with van der Waals surface area (Å²) in [7, 11) is -3.26. The Hall–Kier alpha value is -1.37. The van der Waals surface area contributed by atoms with E-state index in [0.717, 1.165) is 4.57 Å². The van der Waals surface area contributed by atoms with Gasteiger partial charge in [0.2, 0.25) is 0 Å². The molecule has 18 heavy (non-hydrogen) atoms. The SMILES string of the molecule is CCn1ccc(=O)n(CCS(=O)(=O)C(C)C)c1=O. The van der Waals surface area contributed by atoms with Gasteiger partial charge in [-0.15, -0.1) is 0 Å². The van der Waals surface area contributed by atoms with Crippen LogP contribution < -0.4 is 11.2 Å². The van der Waals surface area contributed by atoms with E-state index in [1.165, 1.54) is 16.8 Å². The normalized spacial score (nSPS) is 12.0. The van der Waals surface area contributed by atoms with E-state index in [9.17, 15) is 18.0 Å². The van der Waals surface area contributed by atoms with E-state index >= 15 is 0 Å². The summed E-state index contributed by atoms with van der Waals surface area (Å²) in [6.07, 6.45) is 1.41. The van der Waals surface area contributed by atoms with Gasteiger partial charge in [-0.05, 0) is 20.8 Å². The Balaban J connectivity index is 3.07. The molecule has 0 fully saturated rings. The first-order chi connectivity index (χ1) is 8.29. The molecule has 0 saturated heterocycles. The standard InChI is InChI=1S/C11H18N2O4S/c1-4-12-6-5-10(14)13(11(12)15)7-8-18(16,17)9(2)3/h5-6,9H,4,7-8H2,1-3H3. The van der Waals surface area contributed by atoms with Gasteiger partial charge < -0.3 is 4.57 Å². The van der Waals surface area contributed by atoms with Crippen molar-refractivity contribution >= 4 is 9.84 Å². The predicted octanol–water partition coefficient (Wildman–Crippen LogP) is -0.147. The van der Waals surface area contributed by atoms with Crippen LogP contribution in [0, 0.1) is 0 Å². The van der Waals surface area contributed by atoms with E-state index in [1.807, 2.05) is 0 Å². The molecule has 0 N–H and O–H groups in total. The van der Waals surface area contributed by atoms with Crippen molar-refractivity contribution in [2.75, 3.05) is 5.75 Å². The van der Waals surface area contributed by atoms with Crippen molar-refractivity contribution in [2.45, 2.75) is 39.1 Å². The van der Waals surface area contributed by atoms with E-state index in [2.05, 4.69) is 0 Å². The fourth-order valence-corrected chi connectivity index (χ4v) is 2.37. The van der Waals surface area contributed by atoms with E-state index in [1.54, 1.807) is 20.8 Å². The Morgan fingerprint density at radius 1 is 1.28 bits per heavy atom. The molecule has 0 amide bonds. The summed E-state index contributed by atoms with van der Waals surface area (Å²) in [5.74, 6) is -0.201. The average Bonchev–Trinajstić information content (AvgIpc) is 2.28. The molecule has 102 valence electrons. The number of nitrogens with zero attached hydrogens (tertiary/aromatic N) is 2. The van der Waals surface area contributed by atoms with Gasteiger partial charge in [-0.1, -0.05) is 0 Å². The average molecular weight is 274 g/mol. The van der Waals surface area contributed by atoms with Gasteiger partial charge >= 0.3 is 5.69 Å². The maximum absolute atomic E-state index is 11.8. The predicted molar refractivity (Wildman–Crippen MR) is 69.6 cm³/mol. The van der Waals surface area contributed by atoms with Crippen LogP contribution in [0.25, 0.3) is 0 Å². The molecule has 0 aliphatic heterocycles. The number of aromatic nitrogens is 2. The van der Waals surface area contributed by atoms with Gasteiger partial charge in [-0.2, -0.15) is 0 Å². The van der Waals surface area contributed by atoms with Gasteiger partial charge in [0.1, 0.15) is 0 Å². The zero-order chi connectivity index (χ0) is 13.9. The van der Waals surface area contributed by atoms with Crippen LogP contribution in [0.4, 0.5) is 0 Å². The van der Waals surface area contributed by atoms with E-state index in [0.29, 0.717) is 6.54 Å². The summed E-state index contributed by atoms with van der Waals surface area (Å²) >= 11 is 0. The zero-order valence-corrected chi connectivity index (χ0v) is 11.6. The van der Waals surface area contributed by atoms with Crippen molar-refractivity contribution in [2.24, 2.45) is 0 Å². The molecular weight excluding hydrogens is 256 g/mol. The van der Waals surface area contributed by atoms with Crippen molar-refractivity contribution in [3.05, 3.63) is 33.1 Å². The van der Waals surface area contributed by atoms with Crippen molar-refractivity contribution in [1.29, 1.82) is 0 Å². The summed E-state index contributed by atoms with van der Waals surface area (Å²) in [5.41, 5.74) is -0.937. The van der Waals surface area contributed by atoms with Gasteiger partial charge in [0, 0.05) is 25.4 Å².